The third-order valence-electron chi connectivity index (χ3n) is 16.1. The molecule has 0 spiro atoms. The molecule has 65 heavy (non-hydrogen) atoms. The molecule has 0 N–H and O–H groups in total. The minimum atomic E-state index is 0.102. The van der Waals surface area contributed by atoms with Gasteiger partial charge >= 0.3 is 0 Å². The van der Waals surface area contributed by atoms with Crippen molar-refractivity contribution in [3.05, 3.63) is 197 Å². The second kappa shape index (κ2) is 13.1. The Balaban J connectivity index is 1.08. The fourth-order valence-corrected chi connectivity index (χ4v) is 13.6. The van der Waals surface area contributed by atoms with Gasteiger partial charge in [0.2, 0.25) is 0 Å². The first-order valence-electron chi connectivity index (χ1n) is 23.8. The van der Waals surface area contributed by atoms with E-state index >= 15 is 0 Å². The highest BCUT2D eigenvalue weighted by Crippen LogP contribution is 2.52. The highest BCUT2D eigenvalue weighted by atomic mass is 15.2. The van der Waals surface area contributed by atoms with Crippen molar-refractivity contribution in [2.45, 2.75) is 52.4 Å². The Bertz CT molecular complexity index is 3870. The predicted octanol–water partition coefficient (Wildman–Crippen LogP) is 14.3. The highest BCUT2D eigenvalue weighted by Gasteiger charge is 2.46. The number of rotatable bonds is 2. The first-order valence-corrected chi connectivity index (χ1v) is 23.8. The van der Waals surface area contributed by atoms with Crippen LogP contribution in [0.5, 0.6) is 0 Å². The van der Waals surface area contributed by atoms with Crippen molar-refractivity contribution in [2.75, 3.05) is 9.80 Å². The van der Waals surface area contributed by atoms with Gasteiger partial charge in [0.25, 0.3) is 6.71 Å². The minimum Gasteiger partial charge on any atom is -0.311 e. The zero-order chi connectivity index (χ0) is 42.7. The van der Waals surface area contributed by atoms with Crippen LogP contribution in [0.1, 0.15) is 46.2 Å². The molecule has 2 aliphatic heterocycles. The molecule has 0 saturated heterocycles. The molecule has 0 amide bonds. The van der Waals surface area contributed by atoms with Gasteiger partial charge in [-0.3, -0.25) is 0 Å². The Morgan fingerprint density at radius 1 is 0.354 bits per heavy atom. The van der Waals surface area contributed by atoms with Crippen LogP contribution in [0.3, 0.4) is 0 Å². The van der Waals surface area contributed by atoms with Gasteiger partial charge in [0.1, 0.15) is 0 Å². The molecule has 0 radical (unpaired) electrons. The summed E-state index contributed by atoms with van der Waals surface area (Å²) in [6, 6.07) is 63.0. The molecule has 3 heteroatoms. The molecule has 0 bridgehead atoms. The van der Waals surface area contributed by atoms with Crippen molar-refractivity contribution in [3.8, 4) is 0 Å². The van der Waals surface area contributed by atoms with Crippen LogP contribution in [0.25, 0.3) is 64.6 Å². The molecule has 0 unspecified atom stereocenters. The van der Waals surface area contributed by atoms with Gasteiger partial charge in [0.15, 0.2) is 0 Å². The molecule has 11 aromatic rings. The zero-order valence-corrected chi connectivity index (χ0v) is 36.8. The second-order valence-electron chi connectivity index (χ2n) is 19.3. The number of aryl methyl sites for hydroxylation is 2. The smallest absolute Gasteiger partial charge is 0.252 e. The lowest BCUT2D eigenvalue weighted by molar-refractivity contribution is 0.908. The lowest BCUT2D eigenvalue weighted by Crippen LogP contribution is -2.62. The molecule has 0 fully saturated rings. The highest BCUT2D eigenvalue weighted by molar-refractivity contribution is 7.00. The monoisotopic (exact) mass is 828 g/mol. The van der Waals surface area contributed by atoms with Crippen LogP contribution in [0.2, 0.25) is 0 Å². The Morgan fingerprint density at radius 3 is 1.31 bits per heavy atom. The van der Waals surface area contributed by atoms with E-state index in [1.54, 1.807) is 22.3 Å². The topological polar surface area (TPSA) is 6.48 Å². The molecule has 0 aromatic heterocycles. The normalized spacial score (nSPS) is 14.8. The average Bonchev–Trinajstić information content (AvgIpc) is 4.07. The summed E-state index contributed by atoms with van der Waals surface area (Å²) >= 11 is 0. The summed E-state index contributed by atoms with van der Waals surface area (Å²) in [4.78, 5) is 5.44. The van der Waals surface area contributed by atoms with Crippen molar-refractivity contribution in [3.63, 3.8) is 0 Å². The summed E-state index contributed by atoms with van der Waals surface area (Å²) < 4.78 is 0. The summed E-state index contributed by atoms with van der Waals surface area (Å²) in [6.45, 7) is 4.88. The first kappa shape index (κ1) is 36.0. The lowest BCUT2D eigenvalue weighted by Gasteiger charge is -2.46. The molecule has 11 aromatic carbocycles. The molecule has 2 heterocycles. The van der Waals surface area contributed by atoms with Gasteiger partial charge in [0.05, 0.1) is 5.69 Å². The van der Waals surface area contributed by atoms with E-state index in [0.717, 1.165) is 25.7 Å². The number of hydrogen-bond donors (Lipinski definition) is 0. The first-order chi connectivity index (χ1) is 32.1. The third kappa shape index (κ3) is 4.70. The molecule has 306 valence electrons. The van der Waals surface area contributed by atoms with E-state index in [-0.39, 0.29) is 6.71 Å². The SMILES string of the molecule is Cc1cc2c(c3c1CCC3)N(c1ccc3c4ccccc4c4ccccc4c3c1)c1cccc3c1B2c1cc(C)c2c(c1N3c1cccc3c4ccccc4c4ccccc4c13)CCC2. The quantitative estimate of drug-likeness (QED) is 0.127. The molecule has 2 nitrogen and oxygen atoms in total. The minimum absolute atomic E-state index is 0.102. The van der Waals surface area contributed by atoms with Crippen LogP contribution in [0, 0.1) is 13.8 Å². The molecule has 15 rings (SSSR count). The van der Waals surface area contributed by atoms with E-state index in [1.165, 1.54) is 139 Å². The van der Waals surface area contributed by atoms with Gasteiger partial charge in [0, 0.05) is 33.8 Å². The number of fused-ring (bicyclic) bond motifs is 20. The molecule has 2 aliphatic carbocycles. The fourth-order valence-electron chi connectivity index (χ4n) is 13.6. The number of hydrogen-bond acceptors (Lipinski definition) is 2. The van der Waals surface area contributed by atoms with Crippen molar-refractivity contribution in [1.82, 2.24) is 0 Å². The molecule has 0 atom stereocenters. The second-order valence-corrected chi connectivity index (χ2v) is 19.3. The van der Waals surface area contributed by atoms with Crippen molar-refractivity contribution in [1.29, 1.82) is 0 Å². The Hall–Kier alpha value is -7.36. The van der Waals surface area contributed by atoms with E-state index in [9.17, 15) is 0 Å². The average molecular weight is 829 g/mol. The number of benzene rings is 11. The van der Waals surface area contributed by atoms with Gasteiger partial charge in [-0.1, -0.05) is 133 Å². The van der Waals surface area contributed by atoms with Crippen LogP contribution in [-0.2, 0) is 25.7 Å². The van der Waals surface area contributed by atoms with E-state index in [4.69, 9.17) is 0 Å². The zero-order valence-electron chi connectivity index (χ0n) is 36.8. The van der Waals surface area contributed by atoms with Crippen molar-refractivity contribution >= 4 is 122 Å². The summed E-state index contributed by atoms with van der Waals surface area (Å²) in [5.74, 6) is 0. The van der Waals surface area contributed by atoms with Gasteiger partial charge in [-0.25, -0.2) is 0 Å². The maximum atomic E-state index is 2.74. The van der Waals surface area contributed by atoms with Crippen molar-refractivity contribution in [2.24, 2.45) is 0 Å². The van der Waals surface area contributed by atoms with E-state index < -0.39 is 0 Å². The summed E-state index contributed by atoms with van der Waals surface area (Å²) in [5, 5.41) is 15.7. The van der Waals surface area contributed by atoms with Crippen LogP contribution >= 0.6 is 0 Å². The fraction of sp³-hybridized carbons (Fsp3) is 0.129. The molecule has 0 saturated carbocycles. The number of nitrogens with zero attached hydrogens (tertiary/aromatic N) is 2. The van der Waals surface area contributed by atoms with Crippen molar-refractivity contribution < 1.29 is 0 Å². The molecular weight excluding hydrogens is 784 g/mol. The lowest BCUT2D eigenvalue weighted by atomic mass is 9.33. The van der Waals surface area contributed by atoms with Gasteiger partial charge in [-0.2, -0.15) is 0 Å². The summed E-state index contributed by atoms with van der Waals surface area (Å²) in [6.07, 6.45) is 6.91. The number of anilines is 6. The molecule has 4 aliphatic rings. The Labute approximate surface area is 379 Å². The predicted molar refractivity (Wildman–Crippen MR) is 279 cm³/mol. The Morgan fingerprint density at radius 2 is 0.754 bits per heavy atom. The summed E-state index contributed by atoms with van der Waals surface area (Å²) in [7, 11) is 0. The van der Waals surface area contributed by atoms with Gasteiger partial charge in [-0.15, -0.1) is 0 Å². The van der Waals surface area contributed by atoms with E-state index in [2.05, 4.69) is 187 Å². The maximum absolute atomic E-state index is 2.74. The van der Waals surface area contributed by atoms with Crippen LogP contribution in [0.15, 0.2) is 164 Å². The Kier molecular flexibility index (Phi) is 7.27. The summed E-state index contributed by atoms with van der Waals surface area (Å²) in [5.41, 5.74) is 21.4. The maximum Gasteiger partial charge on any atom is 0.252 e. The van der Waals surface area contributed by atoms with E-state index in [0.29, 0.717) is 0 Å². The van der Waals surface area contributed by atoms with Gasteiger partial charge < -0.3 is 9.80 Å². The third-order valence-corrected chi connectivity index (χ3v) is 16.1. The van der Waals surface area contributed by atoms with E-state index in [1.807, 2.05) is 0 Å². The van der Waals surface area contributed by atoms with Crippen LogP contribution < -0.4 is 26.2 Å². The van der Waals surface area contributed by atoms with Crippen LogP contribution in [0.4, 0.5) is 34.1 Å². The largest absolute Gasteiger partial charge is 0.311 e. The molecular formula is C62H45BN2. The van der Waals surface area contributed by atoms with Crippen LogP contribution in [-0.4, -0.2) is 6.71 Å². The standard InChI is InChI=1S/C62H45BN2/c1-36-33-54-61(51-26-11-23-39(36)51)64(38-31-32-48-43-17-4-3-15-41(43)42-16-6-8-21-47(42)53(48)35-38)57-29-14-30-58-60(57)63(54)55-34-37(2)40-24-12-27-52(40)62(55)65(58)56-28-13-25-50-46-19-7-5-18-44(46)45-20-9-10-22-49(45)59(50)56/h3-10,13-22,25,28-35H,11-12,23-24,26-27H2,1-2H3. The van der Waals surface area contributed by atoms with Gasteiger partial charge in [-0.05, 0) is 192 Å².